The summed E-state index contributed by atoms with van der Waals surface area (Å²) in [5, 5.41) is 2.47. The van der Waals surface area contributed by atoms with E-state index in [9.17, 15) is 18.0 Å². The molecule has 0 aliphatic carbocycles. The van der Waals surface area contributed by atoms with Gasteiger partial charge < -0.3 is 15.0 Å². The van der Waals surface area contributed by atoms with E-state index in [-0.39, 0.29) is 12.3 Å². The number of rotatable bonds is 5. The summed E-state index contributed by atoms with van der Waals surface area (Å²) in [6.07, 6.45) is -4.50. The Hall–Kier alpha value is -2.54. The zero-order valence-electron chi connectivity index (χ0n) is 13.2. The van der Waals surface area contributed by atoms with Gasteiger partial charge in [0.1, 0.15) is 6.61 Å². The highest BCUT2D eigenvalue weighted by Crippen LogP contribution is 2.37. The maximum absolute atomic E-state index is 13.0. The Morgan fingerprint density at radius 1 is 1.17 bits per heavy atom. The Morgan fingerprint density at radius 3 is 2.42 bits per heavy atom. The van der Waals surface area contributed by atoms with E-state index in [2.05, 4.69) is 5.32 Å². The molecule has 0 fully saturated rings. The van der Waals surface area contributed by atoms with Crippen LogP contribution in [-0.4, -0.2) is 26.7 Å². The highest BCUT2D eigenvalue weighted by Gasteiger charge is 2.31. The molecule has 0 saturated heterocycles. The number of hydrogen-bond donors (Lipinski definition) is 1. The van der Waals surface area contributed by atoms with Gasteiger partial charge in [0.2, 0.25) is 5.91 Å². The maximum atomic E-state index is 13.0. The molecule has 0 bridgehead atoms. The van der Waals surface area contributed by atoms with Crippen molar-refractivity contribution < 1.29 is 22.7 Å². The van der Waals surface area contributed by atoms with Crippen molar-refractivity contribution in [3.05, 3.63) is 54.1 Å². The molecule has 2 rings (SSSR count). The summed E-state index contributed by atoms with van der Waals surface area (Å²) in [4.78, 5) is 13.4. The van der Waals surface area contributed by atoms with E-state index in [0.717, 1.165) is 17.8 Å². The van der Waals surface area contributed by atoms with Gasteiger partial charge in [-0.2, -0.15) is 13.2 Å². The zero-order valence-corrected chi connectivity index (χ0v) is 13.2. The predicted octanol–water partition coefficient (Wildman–Crippen LogP) is 4.06. The van der Waals surface area contributed by atoms with E-state index in [1.807, 2.05) is 30.3 Å². The molecule has 1 N–H and O–H groups in total. The zero-order chi connectivity index (χ0) is 17.7. The maximum Gasteiger partial charge on any atom is 0.416 e. The van der Waals surface area contributed by atoms with Crippen LogP contribution in [0.25, 0.3) is 0 Å². The lowest BCUT2D eigenvalue weighted by Crippen LogP contribution is -2.20. The molecule has 2 aromatic rings. The summed E-state index contributed by atoms with van der Waals surface area (Å²) in [7, 11) is 3.05. The van der Waals surface area contributed by atoms with Crippen molar-refractivity contribution in [3.63, 3.8) is 0 Å². The molecule has 128 valence electrons. The predicted molar refractivity (Wildman–Crippen MR) is 86.5 cm³/mol. The van der Waals surface area contributed by atoms with Gasteiger partial charge in [-0.3, -0.25) is 4.79 Å². The normalized spacial score (nSPS) is 11.2. The summed E-state index contributed by atoms with van der Waals surface area (Å²) in [6, 6.07) is 12.3. The van der Waals surface area contributed by atoms with E-state index in [1.165, 1.54) is 13.2 Å². The molecule has 0 aromatic heterocycles. The fourth-order valence-electron chi connectivity index (χ4n) is 2.21. The second-order valence-corrected chi connectivity index (χ2v) is 5.11. The highest BCUT2D eigenvalue weighted by atomic mass is 19.4. The average Bonchev–Trinajstić information content (AvgIpc) is 2.54. The van der Waals surface area contributed by atoms with Crippen LogP contribution in [0.3, 0.4) is 0 Å². The largest absolute Gasteiger partial charge is 0.416 e. The number of methoxy groups -OCH3 is 1. The lowest BCUT2D eigenvalue weighted by Gasteiger charge is -2.24. The van der Waals surface area contributed by atoms with Crippen molar-refractivity contribution in [2.75, 3.05) is 31.0 Å². The second kappa shape index (κ2) is 7.35. The number of halogens is 3. The first-order valence-electron chi connectivity index (χ1n) is 7.11. The molecule has 0 atom stereocenters. The summed E-state index contributed by atoms with van der Waals surface area (Å²) in [6.45, 7) is -0.245. The number of alkyl halides is 3. The Kier molecular flexibility index (Phi) is 5.46. The van der Waals surface area contributed by atoms with E-state index in [1.54, 1.807) is 11.9 Å². The van der Waals surface area contributed by atoms with Crippen molar-refractivity contribution in [1.82, 2.24) is 0 Å². The van der Waals surface area contributed by atoms with Crippen LogP contribution >= 0.6 is 0 Å². The van der Waals surface area contributed by atoms with Crippen LogP contribution in [0.4, 0.5) is 30.2 Å². The summed E-state index contributed by atoms with van der Waals surface area (Å²) in [5.74, 6) is -0.528. The Labute approximate surface area is 137 Å². The van der Waals surface area contributed by atoms with Crippen LogP contribution in [0.15, 0.2) is 48.5 Å². The van der Waals surface area contributed by atoms with Gasteiger partial charge in [-0.15, -0.1) is 0 Å². The monoisotopic (exact) mass is 338 g/mol. The average molecular weight is 338 g/mol. The SMILES string of the molecule is COCC(=O)Nc1cc(C(F)(F)F)ccc1N(C)c1ccccc1. The number of anilines is 3. The minimum Gasteiger partial charge on any atom is -0.375 e. The number of carbonyl (C=O) groups excluding carboxylic acids is 1. The molecule has 0 unspecified atom stereocenters. The molecule has 1 amide bonds. The van der Waals surface area contributed by atoms with Gasteiger partial charge in [0.15, 0.2) is 0 Å². The van der Waals surface area contributed by atoms with Gasteiger partial charge >= 0.3 is 6.18 Å². The van der Waals surface area contributed by atoms with E-state index < -0.39 is 17.6 Å². The molecule has 0 radical (unpaired) electrons. The van der Waals surface area contributed by atoms with Crippen molar-refractivity contribution >= 4 is 23.0 Å². The molecule has 2 aromatic carbocycles. The van der Waals surface area contributed by atoms with E-state index in [4.69, 9.17) is 4.74 Å². The van der Waals surface area contributed by atoms with Gasteiger partial charge in [-0.05, 0) is 30.3 Å². The number of nitrogens with zero attached hydrogens (tertiary/aromatic N) is 1. The highest BCUT2D eigenvalue weighted by molar-refractivity contribution is 5.96. The molecular formula is C17H17F3N2O2. The van der Waals surface area contributed by atoms with Crippen LogP contribution < -0.4 is 10.2 Å². The molecule has 4 nitrogen and oxygen atoms in total. The number of benzene rings is 2. The Morgan fingerprint density at radius 2 is 1.83 bits per heavy atom. The van der Waals surface area contributed by atoms with Crippen LogP contribution in [0.1, 0.15) is 5.56 Å². The lowest BCUT2D eigenvalue weighted by molar-refractivity contribution is -0.137. The molecule has 0 saturated carbocycles. The minimum absolute atomic E-state index is 0.0678. The first-order chi connectivity index (χ1) is 11.3. The van der Waals surface area contributed by atoms with Crippen LogP contribution in [0.5, 0.6) is 0 Å². The first kappa shape index (κ1) is 17.8. The molecule has 0 heterocycles. The summed E-state index contributed by atoms with van der Waals surface area (Å²) in [5.41, 5.74) is 0.455. The molecular weight excluding hydrogens is 321 g/mol. The topological polar surface area (TPSA) is 41.6 Å². The third-order valence-electron chi connectivity index (χ3n) is 3.38. The van der Waals surface area contributed by atoms with E-state index >= 15 is 0 Å². The standard InChI is InChI=1S/C17H17F3N2O2/c1-22(13-6-4-3-5-7-13)15-9-8-12(17(18,19)20)10-14(15)21-16(23)11-24-2/h3-10H,11H2,1-2H3,(H,21,23). The Bertz CT molecular complexity index is 703. The fourth-order valence-corrected chi connectivity index (χ4v) is 2.21. The van der Waals surface area contributed by atoms with Crippen molar-refractivity contribution in [2.45, 2.75) is 6.18 Å². The molecule has 0 spiro atoms. The van der Waals surface area contributed by atoms with Crippen molar-refractivity contribution in [2.24, 2.45) is 0 Å². The van der Waals surface area contributed by atoms with Gasteiger partial charge in [0.05, 0.1) is 16.9 Å². The number of hydrogen-bond acceptors (Lipinski definition) is 3. The third kappa shape index (κ3) is 4.26. The van der Waals surface area contributed by atoms with Crippen molar-refractivity contribution in [1.29, 1.82) is 0 Å². The van der Waals surface area contributed by atoms with Gasteiger partial charge in [-0.25, -0.2) is 0 Å². The number of amides is 1. The van der Waals surface area contributed by atoms with Gasteiger partial charge in [-0.1, -0.05) is 18.2 Å². The smallest absolute Gasteiger partial charge is 0.375 e. The number of ether oxygens (including phenoxy) is 1. The fraction of sp³-hybridized carbons (Fsp3) is 0.235. The summed E-state index contributed by atoms with van der Waals surface area (Å²) >= 11 is 0. The molecule has 24 heavy (non-hydrogen) atoms. The number of para-hydroxylation sites is 1. The van der Waals surface area contributed by atoms with Crippen molar-refractivity contribution in [3.8, 4) is 0 Å². The van der Waals surface area contributed by atoms with Crippen LogP contribution in [0.2, 0.25) is 0 Å². The van der Waals surface area contributed by atoms with Crippen LogP contribution in [0, 0.1) is 0 Å². The number of carbonyl (C=O) groups is 1. The lowest BCUT2D eigenvalue weighted by atomic mass is 10.1. The molecule has 0 aliphatic rings. The second-order valence-electron chi connectivity index (χ2n) is 5.11. The van der Waals surface area contributed by atoms with Gasteiger partial charge in [0, 0.05) is 19.8 Å². The quantitative estimate of drug-likeness (QED) is 0.894. The number of nitrogens with one attached hydrogen (secondary N) is 1. The van der Waals surface area contributed by atoms with E-state index in [0.29, 0.717) is 5.69 Å². The molecule has 7 heteroatoms. The Balaban J connectivity index is 2.43. The van der Waals surface area contributed by atoms with Crippen LogP contribution in [-0.2, 0) is 15.7 Å². The first-order valence-corrected chi connectivity index (χ1v) is 7.11. The van der Waals surface area contributed by atoms with Gasteiger partial charge in [0.25, 0.3) is 0 Å². The minimum atomic E-state index is -4.50. The summed E-state index contributed by atoms with van der Waals surface area (Å²) < 4.78 is 43.6. The third-order valence-corrected chi connectivity index (χ3v) is 3.38. The molecule has 0 aliphatic heterocycles.